The summed E-state index contributed by atoms with van der Waals surface area (Å²) >= 11 is 0. The molecule has 3 fully saturated rings. The monoisotopic (exact) mass is 402 g/mol. The summed E-state index contributed by atoms with van der Waals surface area (Å²) in [7, 11) is 0. The molecule has 0 aromatic carbocycles. The average molecular weight is 403 g/mol. The van der Waals surface area contributed by atoms with Crippen LogP contribution in [0.1, 0.15) is 46.0 Å². The van der Waals surface area contributed by atoms with Gasteiger partial charge in [-0.15, -0.1) is 0 Å². The van der Waals surface area contributed by atoms with E-state index in [1.807, 2.05) is 0 Å². The van der Waals surface area contributed by atoms with Crippen molar-refractivity contribution in [2.24, 2.45) is 10.8 Å². The lowest BCUT2D eigenvalue weighted by molar-refractivity contribution is -0.123. The summed E-state index contributed by atoms with van der Waals surface area (Å²) < 4.78 is 5.46. The maximum absolute atomic E-state index is 10.4. The van der Waals surface area contributed by atoms with E-state index in [2.05, 4.69) is 23.6 Å². The Labute approximate surface area is 168 Å². The molecule has 8 heteroatoms. The Kier molecular flexibility index (Phi) is 11.0. The Hall–Kier alpha value is -1.22. The van der Waals surface area contributed by atoms with Crippen molar-refractivity contribution in [1.82, 2.24) is 9.80 Å². The average Bonchev–Trinajstić information content (AvgIpc) is 2.96. The molecule has 0 radical (unpaired) electrons. The van der Waals surface area contributed by atoms with Gasteiger partial charge in [0.2, 0.25) is 0 Å². The molecule has 2 aliphatic heterocycles. The van der Waals surface area contributed by atoms with E-state index in [9.17, 15) is 5.11 Å². The van der Waals surface area contributed by atoms with E-state index >= 15 is 0 Å². The summed E-state index contributed by atoms with van der Waals surface area (Å²) in [4.78, 5) is 21.9. The van der Waals surface area contributed by atoms with Crippen LogP contribution in [-0.2, 0) is 14.3 Å². The van der Waals surface area contributed by atoms with Crippen LogP contribution in [0.4, 0.5) is 0 Å². The Balaban J connectivity index is 0.000000582. The molecule has 1 aliphatic carbocycles. The molecule has 2 atom stereocenters. The Morgan fingerprint density at radius 2 is 1.54 bits per heavy atom. The highest BCUT2D eigenvalue weighted by Gasteiger charge is 2.45. The van der Waals surface area contributed by atoms with Gasteiger partial charge >= 0.3 is 0 Å². The van der Waals surface area contributed by atoms with Crippen molar-refractivity contribution in [3.8, 4) is 0 Å². The van der Waals surface area contributed by atoms with Crippen LogP contribution in [0.2, 0.25) is 0 Å². The largest absolute Gasteiger partial charge is 0.483 e. The van der Waals surface area contributed by atoms with E-state index in [1.54, 1.807) is 0 Å². The molecule has 2 heterocycles. The quantitative estimate of drug-likeness (QED) is 0.605. The molecule has 2 saturated heterocycles. The van der Waals surface area contributed by atoms with Crippen LogP contribution in [0.3, 0.4) is 0 Å². The molecule has 0 bridgehead atoms. The van der Waals surface area contributed by atoms with Gasteiger partial charge in [0.05, 0.1) is 19.3 Å². The number of carbonyl (C=O) groups is 2. The van der Waals surface area contributed by atoms with Gasteiger partial charge in [-0.2, -0.15) is 0 Å². The maximum atomic E-state index is 10.4. The van der Waals surface area contributed by atoms with Crippen molar-refractivity contribution in [2.45, 2.75) is 52.1 Å². The number of hydrogen-bond acceptors (Lipinski definition) is 6. The Morgan fingerprint density at radius 3 is 2.07 bits per heavy atom. The summed E-state index contributed by atoms with van der Waals surface area (Å²) in [6.45, 7) is 12.8. The fraction of sp³-hybridized carbons (Fsp3) is 0.900. The molecule has 28 heavy (non-hydrogen) atoms. The highest BCUT2D eigenvalue weighted by Crippen LogP contribution is 2.45. The van der Waals surface area contributed by atoms with Crippen LogP contribution >= 0.6 is 0 Å². The zero-order chi connectivity index (χ0) is 21.0. The van der Waals surface area contributed by atoms with Gasteiger partial charge < -0.3 is 25.0 Å². The molecular weight excluding hydrogens is 364 g/mol. The number of ether oxygens (including phenoxy) is 1. The van der Waals surface area contributed by atoms with Crippen LogP contribution in [0, 0.1) is 10.8 Å². The van der Waals surface area contributed by atoms with Crippen molar-refractivity contribution < 1.29 is 29.6 Å². The number of likely N-dealkylation sites (tertiary alicyclic amines) is 1. The van der Waals surface area contributed by atoms with Gasteiger partial charge in [-0.1, -0.05) is 20.3 Å². The van der Waals surface area contributed by atoms with E-state index in [4.69, 9.17) is 24.5 Å². The second-order valence-corrected chi connectivity index (χ2v) is 8.85. The third-order valence-electron chi connectivity index (χ3n) is 5.95. The first-order valence-corrected chi connectivity index (χ1v) is 10.2. The minimum Gasteiger partial charge on any atom is -0.483 e. The topological polar surface area (TPSA) is 111 Å². The number of carboxylic acid groups (broad SMARTS) is 2. The zero-order valence-electron chi connectivity index (χ0n) is 17.4. The highest BCUT2D eigenvalue weighted by molar-refractivity contribution is 5.33. The van der Waals surface area contributed by atoms with Crippen LogP contribution in [0.15, 0.2) is 0 Å². The van der Waals surface area contributed by atoms with Crippen LogP contribution in [-0.4, -0.2) is 96.7 Å². The number of piperidine rings is 1. The van der Waals surface area contributed by atoms with E-state index < -0.39 is 0 Å². The lowest BCUT2D eigenvalue weighted by atomic mass is 9.76. The molecular formula is C20H38N2O6. The summed E-state index contributed by atoms with van der Waals surface area (Å²) in [5, 5.41) is 24.2. The molecule has 0 aromatic heterocycles. The predicted octanol–water partition coefficient (Wildman–Crippen LogP) is 1.37. The minimum atomic E-state index is -0.250. The molecule has 8 nitrogen and oxygen atoms in total. The smallest absolute Gasteiger partial charge is 0.290 e. The SMILES string of the molecule is CC(C)(CN1CCOCC1)CN1CCC[C@]2(CCC[C@H]2O)C1.O=CO.O=CO. The first-order chi connectivity index (χ1) is 13.3. The Bertz CT molecular complexity index is 450. The number of rotatable bonds is 4. The normalized spacial score (nSPS) is 28.6. The van der Waals surface area contributed by atoms with E-state index in [-0.39, 0.29) is 24.5 Å². The van der Waals surface area contributed by atoms with Crippen LogP contribution in [0.25, 0.3) is 0 Å². The summed E-state index contributed by atoms with van der Waals surface area (Å²) in [6, 6.07) is 0. The van der Waals surface area contributed by atoms with Crippen molar-refractivity contribution in [2.75, 3.05) is 52.5 Å². The second kappa shape index (κ2) is 12.4. The standard InChI is InChI=1S/C18H34N2O2.2CH2O2/c1-17(2,13-19-9-11-22-12-10-19)14-20-8-4-7-18(15-20)6-3-5-16(18)21;2*2-1-3/h16,21H,3-15H2,1-2H3;2*1H,(H,2,3)/t16-,18-;;/m1../s1. The maximum Gasteiger partial charge on any atom is 0.290 e. The fourth-order valence-corrected chi connectivity index (χ4v) is 5.01. The predicted molar refractivity (Wildman–Crippen MR) is 106 cm³/mol. The first-order valence-electron chi connectivity index (χ1n) is 10.2. The summed E-state index contributed by atoms with van der Waals surface area (Å²) in [6.07, 6.45) is 5.89. The number of aliphatic hydroxyl groups is 1. The molecule has 3 rings (SSSR count). The molecule has 1 saturated carbocycles. The van der Waals surface area contributed by atoms with E-state index in [1.165, 1.54) is 32.2 Å². The van der Waals surface area contributed by atoms with Crippen molar-refractivity contribution in [3.63, 3.8) is 0 Å². The lowest BCUT2D eigenvalue weighted by Crippen LogP contribution is -2.52. The molecule has 0 unspecified atom stereocenters. The van der Waals surface area contributed by atoms with Crippen LogP contribution in [0.5, 0.6) is 0 Å². The van der Waals surface area contributed by atoms with Gasteiger partial charge in [0, 0.05) is 38.1 Å². The molecule has 3 N–H and O–H groups in total. The van der Waals surface area contributed by atoms with Gasteiger partial charge in [0.15, 0.2) is 0 Å². The second-order valence-electron chi connectivity index (χ2n) is 8.85. The first kappa shape index (κ1) is 24.8. The van der Waals surface area contributed by atoms with Crippen molar-refractivity contribution >= 4 is 12.9 Å². The Morgan fingerprint density at radius 1 is 1.00 bits per heavy atom. The number of nitrogens with zero attached hydrogens (tertiary/aromatic N) is 2. The van der Waals surface area contributed by atoms with E-state index in [0.29, 0.717) is 5.41 Å². The summed E-state index contributed by atoms with van der Waals surface area (Å²) in [5.41, 5.74) is 0.521. The zero-order valence-corrected chi connectivity index (χ0v) is 17.4. The fourth-order valence-electron chi connectivity index (χ4n) is 5.01. The number of hydrogen-bond donors (Lipinski definition) is 3. The van der Waals surface area contributed by atoms with Gasteiger partial charge in [0.1, 0.15) is 0 Å². The molecule has 3 aliphatic rings. The summed E-state index contributed by atoms with van der Waals surface area (Å²) in [5.74, 6) is 0. The van der Waals surface area contributed by atoms with Crippen LogP contribution < -0.4 is 0 Å². The molecule has 164 valence electrons. The molecule has 0 aromatic rings. The minimum absolute atomic E-state index is 0.0577. The number of morpholine rings is 1. The number of aliphatic hydroxyl groups excluding tert-OH is 1. The third kappa shape index (κ3) is 8.03. The molecule has 1 spiro atoms. The van der Waals surface area contributed by atoms with Gasteiger partial charge in [-0.25, -0.2) is 0 Å². The molecule has 0 amide bonds. The van der Waals surface area contributed by atoms with E-state index in [0.717, 1.165) is 52.4 Å². The van der Waals surface area contributed by atoms with Crippen molar-refractivity contribution in [1.29, 1.82) is 0 Å². The van der Waals surface area contributed by atoms with Crippen molar-refractivity contribution in [3.05, 3.63) is 0 Å². The lowest BCUT2D eigenvalue weighted by Gasteiger charge is -2.46. The third-order valence-corrected chi connectivity index (χ3v) is 5.95. The van der Waals surface area contributed by atoms with Gasteiger partial charge in [0.25, 0.3) is 12.9 Å². The van der Waals surface area contributed by atoms with Gasteiger partial charge in [-0.3, -0.25) is 14.5 Å². The highest BCUT2D eigenvalue weighted by atomic mass is 16.5. The van der Waals surface area contributed by atoms with Gasteiger partial charge in [-0.05, 0) is 37.6 Å².